The van der Waals surface area contributed by atoms with Crippen molar-refractivity contribution in [2.75, 3.05) is 6.54 Å². The Balaban J connectivity index is 2.06. The number of fused-ring (bicyclic) bond motifs is 2. The Morgan fingerprint density at radius 3 is 2.86 bits per heavy atom. The summed E-state index contributed by atoms with van der Waals surface area (Å²) < 4.78 is 0. The Labute approximate surface area is 83.9 Å². The smallest absolute Gasteiger partial charge is 0.308 e. The zero-order valence-corrected chi connectivity index (χ0v) is 8.07. The van der Waals surface area contributed by atoms with Crippen LogP contribution in [0.5, 0.6) is 0 Å². The molecule has 0 heterocycles. The van der Waals surface area contributed by atoms with Crippen LogP contribution >= 0.6 is 0 Å². The van der Waals surface area contributed by atoms with Gasteiger partial charge in [0.15, 0.2) is 0 Å². The minimum absolute atomic E-state index is 0.113. The summed E-state index contributed by atoms with van der Waals surface area (Å²) in [6.45, 7) is 0.484. The highest BCUT2D eigenvalue weighted by molar-refractivity contribution is 5.72. The first-order chi connectivity index (χ1) is 6.74. The molecule has 0 aliphatic heterocycles. The van der Waals surface area contributed by atoms with Gasteiger partial charge in [-0.3, -0.25) is 4.79 Å². The van der Waals surface area contributed by atoms with Crippen molar-refractivity contribution in [2.24, 2.45) is 17.8 Å². The first kappa shape index (κ1) is 9.54. The van der Waals surface area contributed by atoms with Gasteiger partial charge in [0.2, 0.25) is 0 Å². The number of nitrogens with one attached hydrogen (secondary N) is 1. The molecule has 76 valence electrons. The molecule has 2 rings (SSSR count). The van der Waals surface area contributed by atoms with Crippen molar-refractivity contribution in [3.63, 3.8) is 0 Å². The highest BCUT2D eigenvalue weighted by Gasteiger charge is 2.50. The molecule has 0 aromatic rings. The van der Waals surface area contributed by atoms with E-state index in [1.54, 1.807) is 0 Å². The molecule has 2 bridgehead atoms. The summed E-state index contributed by atoms with van der Waals surface area (Å²) >= 11 is 0. The fourth-order valence-electron chi connectivity index (χ4n) is 3.12. The third kappa shape index (κ3) is 1.40. The lowest BCUT2D eigenvalue weighted by Crippen LogP contribution is -2.44. The van der Waals surface area contributed by atoms with E-state index in [0.29, 0.717) is 18.4 Å². The van der Waals surface area contributed by atoms with E-state index < -0.39 is 5.97 Å². The average molecular weight is 193 g/mol. The van der Waals surface area contributed by atoms with Crippen LogP contribution in [0.25, 0.3) is 0 Å². The molecule has 0 radical (unpaired) electrons. The molecule has 2 aliphatic carbocycles. The summed E-state index contributed by atoms with van der Waals surface area (Å²) in [5, 5.41) is 12.3. The van der Waals surface area contributed by atoms with Crippen molar-refractivity contribution in [3.8, 4) is 12.3 Å². The van der Waals surface area contributed by atoms with E-state index in [-0.39, 0.29) is 12.0 Å². The summed E-state index contributed by atoms with van der Waals surface area (Å²) in [4.78, 5) is 11.1. The number of carboxylic acids is 1. The maximum atomic E-state index is 11.1. The minimum Gasteiger partial charge on any atom is -0.481 e. The number of aliphatic carboxylic acids is 1. The van der Waals surface area contributed by atoms with E-state index >= 15 is 0 Å². The third-order valence-corrected chi connectivity index (χ3v) is 3.64. The highest BCUT2D eigenvalue weighted by Crippen LogP contribution is 2.48. The molecule has 2 aliphatic rings. The van der Waals surface area contributed by atoms with E-state index in [9.17, 15) is 4.79 Å². The molecule has 0 aromatic carbocycles. The maximum Gasteiger partial charge on any atom is 0.308 e. The van der Waals surface area contributed by atoms with Crippen LogP contribution in [-0.2, 0) is 4.79 Å². The molecule has 4 atom stereocenters. The van der Waals surface area contributed by atoms with Crippen molar-refractivity contribution in [3.05, 3.63) is 0 Å². The van der Waals surface area contributed by atoms with E-state index in [2.05, 4.69) is 11.2 Å². The molecule has 4 unspecified atom stereocenters. The maximum absolute atomic E-state index is 11.1. The van der Waals surface area contributed by atoms with Gasteiger partial charge in [-0.25, -0.2) is 0 Å². The molecular formula is C11H15NO2. The predicted molar refractivity (Wildman–Crippen MR) is 52.6 cm³/mol. The minimum atomic E-state index is -0.660. The first-order valence-corrected chi connectivity index (χ1v) is 5.13. The van der Waals surface area contributed by atoms with Gasteiger partial charge in [0.1, 0.15) is 0 Å². The largest absolute Gasteiger partial charge is 0.481 e. The highest BCUT2D eigenvalue weighted by atomic mass is 16.4. The number of carbonyl (C=O) groups is 1. The molecule has 0 aromatic heterocycles. The topological polar surface area (TPSA) is 49.3 Å². The van der Waals surface area contributed by atoms with E-state index in [1.807, 2.05) is 0 Å². The van der Waals surface area contributed by atoms with E-state index in [0.717, 1.165) is 19.3 Å². The van der Waals surface area contributed by atoms with Gasteiger partial charge in [0.25, 0.3) is 0 Å². The molecular weight excluding hydrogens is 178 g/mol. The van der Waals surface area contributed by atoms with Gasteiger partial charge in [0, 0.05) is 6.04 Å². The number of carboxylic acid groups (broad SMARTS) is 1. The number of hydrogen-bond donors (Lipinski definition) is 2. The third-order valence-electron chi connectivity index (χ3n) is 3.64. The van der Waals surface area contributed by atoms with Crippen LogP contribution in [0.3, 0.4) is 0 Å². The molecule has 3 heteroatoms. The Kier molecular flexibility index (Phi) is 2.47. The lowest BCUT2D eigenvalue weighted by atomic mass is 9.84. The summed E-state index contributed by atoms with van der Waals surface area (Å²) in [5.74, 6) is 2.56. The van der Waals surface area contributed by atoms with E-state index in [1.165, 1.54) is 0 Å². The number of terminal acetylenes is 1. The second-order valence-corrected chi connectivity index (χ2v) is 4.31. The summed E-state index contributed by atoms with van der Waals surface area (Å²) in [5.41, 5.74) is 0. The molecule has 14 heavy (non-hydrogen) atoms. The summed E-state index contributed by atoms with van der Waals surface area (Å²) in [6, 6.07) is 0.113. The summed E-state index contributed by atoms with van der Waals surface area (Å²) in [6.07, 6.45) is 8.48. The van der Waals surface area contributed by atoms with Crippen molar-refractivity contribution in [1.82, 2.24) is 5.32 Å². The zero-order valence-electron chi connectivity index (χ0n) is 8.07. The first-order valence-electron chi connectivity index (χ1n) is 5.13. The van der Waals surface area contributed by atoms with Crippen LogP contribution in [0.4, 0.5) is 0 Å². The second-order valence-electron chi connectivity index (χ2n) is 4.31. The molecule has 0 spiro atoms. The van der Waals surface area contributed by atoms with Gasteiger partial charge in [-0.05, 0) is 31.1 Å². The molecule has 0 amide bonds. The van der Waals surface area contributed by atoms with Crippen LogP contribution in [-0.4, -0.2) is 23.7 Å². The molecule has 2 fully saturated rings. The van der Waals surface area contributed by atoms with Gasteiger partial charge >= 0.3 is 5.97 Å². The Hall–Kier alpha value is -1.01. The Morgan fingerprint density at radius 2 is 2.21 bits per heavy atom. The lowest BCUT2D eigenvalue weighted by molar-refractivity contribution is -0.144. The second kappa shape index (κ2) is 3.62. The van der Waals surface area contributed by atoms with Gasteiger partial charge in [0.05, 0.1) is 12.5 Å². The summed E-state index contributed by atoms with van der Waals surface area (Å²) in [7, 11) is 0. The van der Waals surface area contributed by atoms with Gasteiger partial charge in [-0.2, -0.15) is 0 Å². The van der Waals surface area contributed by atoms with Crippen molar-refractivity contribution >= 4 is 5.97 Å². The van der Waals surface area contributed by atoms with Gasteiger partial charge < -0.3 is 10.4 Å². The monoisotopic (exact) mass is 193 g/mol. The van der Waals surface area contributed by atoms with Crippen LogP contribution < -0.4 is 5.32 Å². The standard InChI is InChI=1S/C11H15NO2/c1-2-5-12-10-8-4-3-7(6-8)9(10)11(13)14/h1,7-10,12H,3-6H2,(H,13,14). The van der Waals surface area contributed by atoms with E-state index in [4.69, 9.17) is 11.5 Å². The number of rotatable bonds is 3. The van der Waals surface area contributed by atoms with Crippen LogP contribution in [0.2, 0.25) is 0 Å². The Bertz CT molecular complexity index is 282. The molecule has 0 saturated heterocycles. The predicted octanol–water partition coefficient (Wildman–Crippen LogP) is 0.709. The van der Waals surface area contributed by atoms with Gasteiger partial charge in [-0.15, -0.1) is 6.42 Å². The normalized spacial score (nSPS) is 39.6. The fourth-order valence-corrected chi connectivity index (χ4v) is 3.12. The van der Waals surface area contributed by atoms with Crippen molar-refractivity contribution in [2.45, 2.75) is 25.3 Å². The molecule has 3 nitrogen and oxygen atoms in total. The SMILES string of the molecule is C#CCNC1C2CCC(C2)C1C(=O)O. The van der Waals surface area contributed by atoms with Crippen molar-refractivity contribution in [1.29, 1.82) is 0 Å². The molecule has 2 N–H and O–H groups in total. The average Bonchev–Trinajstić information content (AvgIpc) is 2.72. The zero-order chi connectivity index (χ0) is 10.1. The lowest BCUT2D eigenvalue weighted by Gasteiger charge is -2.28. The number of hydrogen-bond acceptors (Lipinski definition) is 2. The molecule has 2 saturated carbocycles. The fraction of sp³-hybridized carbons (Fsp3) is 0.727. The van der Waals surface area contributed by atoms with Gasteiger partial charge in [-0.1, -0.05) is 5.92 Å². The van der Waals surface area contributed by atoms with Crippen LogP contribution in [0.15, 0.2) is 0 Å². The Morgan fingerprint density at radius 1 is 1.50 bits per heavy atom. The van der Waals surface area contributed by atoms with Crippen LogP contribution in [0, 0.1) is 30.1 Å². The quantitative estimate of drug-likeness (QED) is 0.649. The van der Waals surface area contributed by atoms with Crippen LogP contribution in [0.1, 0.15) is 19.3 Å². The van der Waals surface area contributed by atoms with Crippen molar-refractivity contribution < 1.29 is 9.90 Å².